The van der Waals surface area contributed by atoms with Crippen molar-refractivity contribution in [3.05, 3.63) is 83.9 Å². The number of methoxy groups -OCH3 is 1. The van der Waals surface area contributed by atoms with Crippen LogP contribution in [0.1, 0.15) is 51.7 Å². The Hall–Kier alpha value is -5.92. The number of nitrogens with zero attached hydrogens (tertiary/aromatic N) is 6. The fourth-order valence-corrected chi connectivity index (χ4v) is 7.18. The van der Waals surface area contributed by atoms with Crippen molar-refractivity contribution in [2.75, 3.05) is 72.7 Å². The van der Waals surface area contributed by atoms with E-state index in [1.165, 1.54) is 26.7 Å². The molecule has 3 aromatic carbocycles. The van der Waals surface area contributed by atoms with Crippen LogP contribution in [0.2, 0.25) is 0 Å². The van der Waals surface area contributed by atoms with Gasteiger partial charge in [0, 0.05) is 46.3 Å². The lowest BCUT2D eigenvalue weighted by molar-refractivity contribution is -0.147. The minimum atomic E-state index is -0.776. The lowest BCUT2D eigenvalue weighted by Gasteiger charge is -2.32. The summed E-state index contributed by atoms with van der Waals surface area (Å²) in [5, 5.41) is 14.2. The molecular formula is C46H59N7O8S. The largest absolute Gasteiger partial charge is 0.464 e. The van der Waals surface area contributed by atoms with Gasteiger partial charge >= 0.3 is 5.97 Å². The number of hydrogen-bond acceptors (Lipinski definition) is 10. The molecule has 1 atom stereocenters. The van der Waals surface area contributed by atoms with Crippen molar-refractivity contribution in [3.63, 3.8) is 0 Å². The molecule has 0 aliphatic carbocycles. The van der Waals surface area contributed by atoms with E-state index in [2.05, 4.69) is 11.4 Å². The number of cyclic esters (lactones) is 1. The summed E-state index contributed by atoms with van der Waals surface area (Å²) in [4.78, 5) is 89.1. The van der Waals surface area contributed by atoms with Crippen molar-refractivity contribution in [3.8, 4) is 6.07 Å². The molecule has 1 aliphatic rings. The first-order valence-corrected chi connectivity index (χ1v) is 21.3. The minimum Gasteiger partial charge on any atom is -0.464 e. The highest BCUT2D eigenvalue weighted by molar-refractivity contribution is 7.80. The van der Waals surface area contributed by atoms with Gasteiger partial charge in [-0.25, -0.2) is 4.79 Å². The van der Waals surface area contributed by atoms with Gasteiger partial charge < -0.3 is 39.3 Å². The van der Waals surface area contributed by atoms with Gasteiger partial charge in [-0.1, -0.05) is 107 Å². The van der Waals surface area contributed by atoms with E-state index in [-0.39, 0.29) is 95.4 Å². The maximum absolute atomic E-state index is 14.4. The molecular weight excluding hydrogens is 811 g/mol. The molecule has 0 radical (unpaired) electrons. The molecule has 1 aliphatic heterocycles. The lowest BCUT2D eigenvalue weighted by atomic mass is 10.1. The molecule has 332 valence electrons. The molecule has 3 aromatic rings. The topological polar surface area (TPSA) is 173 Å². The summed E-state index contributed by atoms with van der Waals surface area (Å²) in [5.74, 6) is -2.97. The zero-order valence-electron chi connectivity index (χ0n) is 36.4. The third kappa shape index (κ3) is 15.5. The fourth-order valence-electron chi connectivity index (χ4n) is 6.98. The van der Waals surface area contributed by atoms with E-state index >= 15 is 0 Å². The molecule has 0 bridgehead atoms. The fraction of sp³-hybridized carbons (Fsp3) is 0.478. The summed E-state index contributed by atoms with van der Waals surface area (Å²) in [6, 6.07) is 24.3. The molecule has 62 heavy (non-hydrogen) atoms. The number of rotatable bonds is 23. The third-order valence-electron chi connectivity index (χ3n) is 10.0. The first-order chi connectivity index (χ1) is 29.7. The van der Waals surface area contributed by atoms with Crippen molar-refractivity contribution in [1.82, 2.24) is 29.8 Å². The predicted molar refractivity (Wildman–Crippen MR) is 238 cm³/mol. The Morgan fingerprint density at radius 1 is 0.742 bits per heavy atom. The molecule has 1 unspecified atom stereocenters. The van der Waals surface area contributed by atoms with Gasteiger partial charge in [0.25, 0.3) is 0 Å². The monoisotopic (exact) mass is 869 g/mol. The van der Waals surface area contributed by atoms with Gasteiger partial charge in [-0.15, -0.1) is 0 Å². The summed E-state index contributed by atoms with van der Waals surface area (Å²) in [6.45, 7) is 7.12. The zero-order valence-corrected chi connectivity index (χ0v) is 37.2. The number of carbonyl (C=O) groups is 6. The lowest BCUT2D eigenvalue weighted by Crippen LogP contribution is -2.52. The van der Waals surface area contributed by atoms with Crippen molar-refractivity contribution in [1.29, 1.82) is 5.26 Å². The zero-order chi connectivity index (χ0) is 45.2. The molecule has 1 N–H and O–H groups in total. The van der Waals surface area contributed by atoms with Gasteiger partial charge in [0.05, 0.1) is 56.9 Å². The van der Waals surface area contributed by atoms with Gasteiger partial charge in [0.2, 0.25) is 29.5 Å². The number of nitriles is 1. The van der Waals surface area contributed by atoms with Crippen LogP contribution in [0.3, 0.4) is 0 Å². The highest BCUT2D eigenvalue weighted by atomic mass is 32.1. The molecule has 16 heteroatoms. The van der Waals surface area contributed by atoms with Crippen LogP contribution in [0.25, 0.3) is 10.8 Å². The molecule has 5 amide bonds. The second-order valence-electron chi connectivity index (χ2n) is 16.2. The number of nitrogens with one attached hydrogen (secondary N) is 1. The highest BCUT2D eigenvalue weighted by Crippen LogP contribution is 2.18. The van der Waals surface area contributed by atoms with Crippen LogP contribution in [0.15, 0.2) is 72.8 Å². The molecule has 15 nitrogen and oxygen atoms in total. The summed E-state index contributed by atoms with van der Waals surface area (Å²) < 4.78 is 10.3. The first-order valence-electron chi connectivity index (χ1n) is 20.9. The number of thiocarbonyl (C=S) groups is 1. The Morgan fingerprint density at radius 3 is 1.90 bits per heavy atom. The second-order valence-corrected chi connectivity index (χ2v) is 16.7. The van der Waals surface area contributed by atoms with Crippen molar-refractivity contribution >= 4 is 63.5 Å². The van der Waals surface area contributed by atoms with E-state index in [0.717, 1.165) is 21.9 Å². The predicted octanol–water partition coefficient (Wildman–Crippen LogP) is 3.79. The van der Waals surface area contributed by atoms with E-state index in [9.17, 15) is 34.0 Å². The Labute approximate surface area is 369 Å². The number of carbonyl (C=O) groups excluding carboxylic acids is 6. The van der Waals surface area contributed by atoms with Gasteiger partial charge in [0.1, 0.15) is 12.6 Å². The van der Waals surface area contributed by atoms with Crippen molar-refractivity contribution < 1.29 is 38.2 Å². The number of hydrogen-bond donors (Lipinski definition) is 1. The van der Waals surface area contributed by atoms with Crippen LogP contribution < -0.4 is 5.32 Å². The molecule has 0 saturated carbocycles. The number of ether oxygens (including phenoxy) is 2. The molecule has 1 fully saturated rings. The Balaban J connectivity index is 1.54. The van der Waals surface area contributed by atoms with Crippen molar-refractivity contribution in [2.24, 2.45) is 11.8 Å². The number of esters is 1. The quantitative estimate of drug-likeness (QED) is 0.109. The average molecular weight is 870 g/mol. The Kier molecular flexibility index (Phi) is 19.3. The van der Waals surface area contributed by atoms with E-state index in [1.54, 1.807) is 4.90 Å². The maximum atomic E-state index is 14.4. The van der Waals surface area contributed by atoms with Gasteiger partial charge in [-0.2, -0.15) is 5.26 Å². The van der Waals surface area contributed by atoms with Crippen LogP contribution in [-0.4, -0.2) is 144 Å². The van der Waals surface area contributed by atoms with Gasteiger partial charge in [-0.05, 0) is 39.8 Å². The minimum absolute atomic E-state index is 0.00659. The average Bonchev–Trinajstić information content (AvgIpc) is 3.64. The molecule has 0 spiro atoms. The van der Waals surface area contributed by atoms with E-state index in [0.29, 0.717) is 6.42 Å². The SMILES string of the molecule is COCCN(CC(=O)N(CC(=O)N(CC(=O)N(CC(=O)NC1CCOC1=O)CC(C)C)CC(C)C)Cc1ccccc1)C(=O)CN(Cc1ccc2ccccc2c1)C(=S)CC#N. The summed E-state index contributed by atoms with van der Waals surface area (Å²) in [6.07, 6.45) is 0.270. The van der Waals surface area contributed by atoms with Gasteiger partial charge in [0.15, 0.2) is 0 Å². The van der Waals surface area contributed by atoms with Crippen LogP contribution in [0, 0.1) is 23.2 Å². The van der Waals surface area contributed by atoms with Crippen LogP contribution in [0.5, 0.6) is 0 Å². The van der Waals surface area contributed by atoms with Crippen LogP contribution in [-0.2, 0) is 51.3 Å². The number of benzene rings is 3. The Bertz CT molecular complexity index is 2070. The van der Waals surface area contributed by atoms with E-state index in [4.69, 9.17) is 21.7 Å². The first kappa shape index (κ1) is 48.7. The summed E-state index contributed by atoms with van der Waals surface area (Å²) >= 11 is 5.61. The van der Waals surface area contributed by atoms with E-state index in [1.807, 2.05) is 100 Å². The number of fused-ring (bicyclic) bond motifs is 1. The standard InChI is InChI=1S/C46H59N7O8S/c1-33(2)24-50(28-40(54)48-39-18-21-61-46(39)59)43(57)30-51(25-34(3)4)44(58)31-52(26-35-11-7-6-8-12-35)42(56)29-49(20-22-60-5)41(55)32-53(45(62)17-19-47)27-36-15-16-37-13-9-10-14-38(37)23-36/h6-16,23,33-34,39H,17-18,20-22,24-32H2,1-5H3,(H,48,54). The molecule has 1 heterocycles. The van der Waals surface area contributed by atoms with Gasteiger partial charge in [-0.3, -0.25) is 24.0 Å². The molecule has 4 rings (SSSR count). The van der Waals surface area contributed by atoms with Crippen LogP contribution >= 0.6 is 12.2 Å². The molecule has 0 aromatic heterocycles. The normalized spacial score (nSPS) is 13.3. The summed E-state index contributed by atoms with van der Waals surface area (Å²) in [7, 11) is 1.49. The third-order valence-corrected chi connectivity index (χ3v) is 10.4. The van der Waals surface area contributed by atoms with Crippen molar-refractivity contribution in [2.45, 2.75) is 59.7 Å². The second kappa shape index (κ2) is 24.5. The maximum Gasteiger partial charge on any atom is 0.328 e. The Morgan fingerprint density at radius 2 is 1.29 bits per heavy atom. The number of amides is 5. The van der Waals surface area contributed by atoms with Crippen LogP contribution in [0.4, 0.5) is 0 Å². The highest BCUT2D eigenvalue weighted by Gasteiger charge is 2.31. The smallest absolute Gasteiger partial charge is 0.328 e. The summed E-state index contributed by atoms with van der Waals surface area (Å²) in [5.41, 5.74) is 1.64. The van der Waals surface area contributed by atoms with E-state index < -0.39 is 48.1 Å². The molecule has 1 saturated heterocycles.